The largest absolute Gasteiger partial charge is 0.491 e. The van der Waals surface area contributed by atoms with Crippen molar-refractivity contribution in [2.75, 3.05) is 20.3 Å². The van der Waals surface area contributed by atoms with Crippen LogP contribution in [0.5, 0.6) is 5.75 Å². The molecule has 2 amide bonds. The molecule has 1 heterocycles. The summed E-state index contributed by atoms with van der Waals surface area (Å²) in [5.41, 5.74) is 2.05. The fourth-order valence-electron chi connectivity index (χ4n) is 2.89. The molecule has 1 atom stereocenters. The Balaban J connectivity index is 1.52. The molecular weight excluding hydrogens is 344 g/mol. The van der Waals surface area contributed by atoms with Gasteiger partial charge in [0.05, 0.1) is 6.10 Å². The lowest BCUT2D eigenvalue weighted by molar-refractivity contribution is 0.0679. The van der Waals surface area contributed by atoms with E-state index in [1.807, 2.05) is 18.2 Å². The van der Waals surface area contributed by atoms with Crippen molar-refractivity contribution in [2.24, 2.45) is 0 Å². The van der Waals surface area contributed by atoms with Crippen molar-refractivity contribution in [3.05, 3.63) is 65.2 Å². The second-order valence-electron chi connectivity index (χ2n) is 6.43. The summed E-state index contributed by atoms with van der Waals surface area (Å²) in [6.07, 6.45) is 2.22. The summed E-state index contributed by atoms with van der Waals surface area (Å²) in [6, 6.07) is 14.3. The zero-order chi connectivity index (χ0) is 19.1. The first-order valence-corrected chi connectivity index (χ1v) is 9.09. The van der Waals surface area contributed by atoms with E-state index in [4.69, 9.17) is 9.47 Å². The van der Waals surface area contributed by atoms with Gasteiger partial charge in [-0.1, -0.05) is 18.2 Å². The molecule has 0 aliphatic carbocycles. The third kappa shape index (κ3) is 5.31. The van der Waals surface area contributed by atoms with E-state index in [1.165, 1.54) is 0 Å². The van der Waals surface area contributed by atoms with E-state index < -0.39 is 0 Å². The third-order valence-corrected chi connectivity index (χ3v) is 4.45. The molecule has 142 valence electrons. The maximum atomic E-state index is 12.4. The average Bonchev–Trinajstić information content (AvgIpc) is 3.24. The Labute approximate surface area is 158 Å². The summed E-state index contributed by atoms with van der Waals surface area (Å²) in [6.45, 7) is 1.68. The molecule has 2 aromatic rings. The number of carbonyl (C=O) groups is 2. The molecule has 0 bridgehead atoms. The highest BCUT2D eigenvalue weighted by Crippen LogP contribution is 2.17. The lowest BCUT2D eigenvalue weighted by Crippen LogP contribution is -2.23. The minimum Gasteiger partial charge on any atom is -0.491 e. The van der Waals surface area contributed by atoms with E-state index in [9.17, 15) is 9.59 Å². The van der Waals surface area contributed by atoms with Gasteiger partial charge >= 0.3 is 0 Å². The van der Waals surface area contributed by atoms with Gasteiger partial charge in [0.25, 0.3) is 11.8 Å². The van der Waals surface area contributed by atoms with Crippen LogP contribution in [0.2, 0.25) is 0 Å². The summed E-state index contributed by atoms with van der Waals surface area (Å²) >= 11 is 0. The average molecular weight is 368 g/mol. The van der Waals surface area contributed by atoms with Crippen LogP contribution in [-0.4, -0.2) is 38.2 Å². The van der Waals surface area contributed by atoms with Gasteiger partial charge in [-0.05, 0) is 48.7 Å². The first-order valence-electron chi connectivity index (χ1n) is 9.09. The van der Waals surface area contributed by atoms with Gasteiger partial charge in [-0.15, -0.1) is 0 Å². The zero-order valence-corrected chi connectivity index (χ0v) is 15.4. The highest BCUT2D eigenvalue weighted by molar-refractivity contribution is 5.95. The van der Waals surface area contributed by atoms with Gasteiger partial charge in [0.15, 0.2) is 0 Å². The summed E-state index contributed by atoms with van der Waals surface area (Å²) in [5.74, 6) is 0.353. The third-order valence-electron chi connectivity index (χ3n) is 4.45. The van der Waals surface area contributed by atoms with Crippen LogP contribution in [0.25, 0.3) is 0 Å². The Morgan fingerprint density at radius 1 is 1.11 bits per heavy atom. The molecule has 3 rings (SSSR count). The smallest absolute Gasteiger partial charge is 0.251 e. The molecule has 27 heavy (non-hydrogen) atoms. The number of ether oxygens (including phenoxy) is 2. The van der Waals surface area contributed by atoms with Crippen molar-refractivity contribution in [2.45, 2.75) is 25.5 Å². The van der Waals surface area contributed by atoms with Crippen LogP contribution >= 0.6 is 0 Å². The Morgan fingerprint density at radius 3 is 2.63 bits per heavy atom. The monoisotopic (exact) mass is 368 g/mol. The van der Waals surface area contributed by atoms with Gasteiger partial charge in [0, 0.05) is 31.3 Å². The first kappa shape index (κ1) is 18.9. The number of benzene rings is 2. The summed E-state index contributed by atoms with van der Waals surface area (Å²) < 4.78 is 11.3. The van der Waals surface area contributed by atoms with Gasteiger partial charge in [-0.25, -0.2) is 0 Å². The molecule has 1 aliphatic heterocycles. The minimum atomic E-state index is -0.173. The zero-order valence-electron chi connectivity index (χ0n) is 15.4. The number of hydrogen-bond acceptors (Lipinski definition) is 4. The van der Waals surface area contributed by atoms with E-state index in [0.717, 1.165) is 25.0 Å². The van der Waals surface area contributed by atoms with E-state index in [0.29, 0.717) is 30.0 Å². The summed E-state index contributed by atoms with van der Waals surface area (Å²) in [4.78, 5) is 23.9. The number of rotatable bonds is 7. The molecular formula is C21H24N2O4. The van der Waals surface area contributed by atoms with Crippen LogP contribution in [-0.2, 0) is 11.3 Å². The number of hydrogen-bond donors (Lipinski definition) is 2. The first-order chi connectivity index (χ1) is 13.2. The van der Waals surface area contributed by atoms with E-state index in [2.05, 4.69) is 10.6 Å². The van der Waals surface area contributed by atoms with Crippen LogP contribution < -0.4 is 15.4 Å². The quantitative estimate of drug-likeness (QED) is 0.787. The van der Waals surface area contributed by atoms with E-state index in [1.54, 1.807) is 37.4 Å². The van der Waals surface area contributed by atoms with Crippen LogP contribution in [0.1, 0.15) is 39.1 Å². The molecule has 6 heteroatoms. The Kier molecular flexibility index (Phi) is 6.44. The fraction of sp³-hybridized carbons (Fsp3) is 0.333. The van der Waals surface area contributed by atoms with Crippen LogP contribution in [0, 0.1) is 0 Å². The van der Waals surface area contributed by atoms with Crippen molar-refractivity contribution in [3.63, 3.8) is 0 Å². The van der Waals surface area contributed by atoms with Crippen LogP contribution in [0.3, 0.4) is 0 Å². The van der Waals surface area contributed by atoms with E-state index in [-0.39, 0.29) is 17.9 Å². The number of amides is 2. The predicted molar refractivity (Wildman–Crippen MR) is 102 cm³/mol. The molecule has 1 fully saturated rings. The van der Waals surface area contributed by atoms with Crippen LogP contribution in [0.15, 0.2) is 48.5 Å². The van der Waals surface area contributed by atoms with Gasteiger partial charge in [-0.3, -0.25) is 9.59 Å². The topological polar surface area (TPSA) is 76.7 Å². The normalized spacial score (nSPS) is 16.0. The SMILES string of the molecule is CNC(=O)c1ccc(CNC(=O)c2cccc(OCC3CCCO3)c2)cc1. The standard InChI is InChI=1S/C21H24N2O4/c1-22-20(24)16-9-7-15(8-10-16)13-23-21(25)17-4-2-5-18(12-17)27-14-19-6-3-11-26-19/h2,4-5,7-10,12,19H,3,6,11,13-14H2,1H3,(H,22,24)(H,23,25). The fourth-order valence-corrected chi connectivity index (χ4v) is 2.89. The molecule has 1 saturated heterocycles. The summed E-state index contributed by atoms with van der Waals surface area (Å²) in [7, 11) is 1.59. The Bertz CT molecular complexity index is 783. The van der Waals surface area contributed by atoms with E-state index >= 15 is 0 Å². The second-order valence-corrected chi connectivity index (χ2v) is 6.43. The highest BCUT2D eigenvalue weighted by Gasteiger charge is 2.16. The van der Waals surface area contributed by atoms with Crippen molar-refractivity contribution in [1.82, 2.24) is 10.6 Å². The molecule has 2 N–H and O–H groups in total. The second kappa shape index (κ2) is 9.19. The van der Waals surface area contributed by atoms with Gasteiger partial charge in [0.2, 0.25) is 0 Å². The van der Waals surface area contributed by atoms with Crippen molar-refractivity contribution < 1.29 is 19.1 Å². The number of carbonyl (C=O) groups excluding carboxylic acids is 2. The molecule has 1 aliphatic rings. The molecule has 6 nitrogen and oxygen atoms in total. The predicted octanol–water partition coefficient (Wildman–Crippen LogP) is 2.53. The number of nitrogens with one attached hydrogen (secondary N) is 2. The Morgan fingerprint density at radius 2 is 1.93 bits per heavy atom. The summed E-state index contributed by atoms with van der Waals surface area (Å²) in [5, 5.41) is 5.46. The molecule has 0 radical (unpaired) electrons. The van der Waals surface area contributed by atoms with Crippen LogP contribution in [0.4, 0.5) is 0 Å². The maximum absolute atomic E-state index is 12.4. The van der Waals surface area contributed by atoms with Gasteiger partial charge in [-0.2, -0.15) is 0 Å². The highest BCUT2D eigenvalue weighted by atomic mass is 16.5. The maximum Gasteiger partial charge on any atom is 0.251 e. The molecule has 0 spiro atoms. The van der Waals surface area contributed by atoms with Crippen molar-refractivity contribution in [1.29, 1.82) is 0 Å². The minimum absolute atomic E-state index is 0.134. The Hall–Kier alpha value is -2.86. The molecule has 1 unspecified atom stereocenters. The van der Waals surface area contributed by atoms with Gasteiger partial charge < -0.3 is 20.1 Å². The molecule has 2 aromatic carbocycles. The lowest BCUT2D eigenvalue weighted by Gasteiger charge is -2.12. The van der Waals surface area contributed by atoms with Gasteiger partial charge in [0.1, 0.15) is 12.4 Å². The van der Waals surface area contributed by atoms with Crippen molar-refractivity contribution in [3.8, 4) is 5.75 Å². The lowest BCUT2D eigenvalue weighted by atomic mass is 10.1. The molecule has 0 aromatic heterocycles. The van der Waals surface area contributed by atoms with Crippen molar-refractivity contribution >= 4 is 11.8 Å². The molecule has 0 saturated carbocycles.